The molecule has 2 aromatic carbocycles. The Bertz CT molecular complexity index is 832. The molecular formula is C16H15N4O2+. The van der Waals surface area contributed by atoms with Gasteiger partial charge in [-0.15, -0.1) is 0 Å². The van der Waals surface area contributed by atoms with E-state index in [1.165, 1.54) is 10.9 Å². The molecule has 6 nitrogen and oxygen atoms in total. The summed E-state index contributed by atoms with van der Waals surface area (Å²) in [4.78, 5) is 11.0. The smallest absolute Gasteiger partial charge is 0.283 e. The fourth-order valence-corrected chi connectivity index (χ4v) is 1.97. The van der Waals surface area contributed by atoms with Crippen LogP contribution in [0.25, 0.3) is 5.69 Å². The van der Waals surface area contributed by atoms with Crippen molar-refractivity contribution in [3.63, 3.8) is 0 Å². The lowest BCUT2D eigenvalue weighted by atomic mass is 10.1. The summed E-state index contributed by atoms with van der Waals surface area (Å²) in [5, 5.41) is 6.86. The van der Waals surface area contributed by atoms with Crippen LogP contribution in [0.5, 0.6) is 0 Å². The Labute approximate surface area is 126 Å². The highest BCUT2D eigenvalue weighted by Crippen LogP contribution is 2.08. The Morgan fingerprint density at radius 2 is 1.86 bits per heavy atom. The minimum atomic E-state index is -0.422. The van der Waals surface area contributed by atoms with Crippen molar-refractivity contribution >= 4 is 11.4 Å². The average Bonchev–Trinajstić information content (AvgIpc) is 3.00. The van der Waals surface area contributed by atoms with Crippen LogP contribution in [-0.2, 0) is 0 Å². The minimum Gasteiger partial charge on any atom is -0.283 e. The predicted octanol–water partition coefficient (Wildman–Crippen LogP) is 2.08. The molecule has 1 heterocycles. The molecule has 0 radical (unpaired) electrons. The van der Waals surface area contributed by atoms with Crippen LogP contribution in [-0.4, -0.2) is 11.0 Å². The standard InChI is InChI=1S/C16H14N4O2/c1-12(17-18-14-5-3-2-4-6-14)13-7-9-15(10-8-13)20-11-16(21)22-19-20/h2-11H,1H3,(H-,18,19,21)/p+1. The van der Waals surface area contributed by atoms with Crippen molar-refractivity contribution in [3.8, 4) is 5.69 Å². The molecule has 3 aromatic rings. The Balaban J connectivity index is 1.76. The van der Waals surface area contributed by atoms with Crippen molar-refractivity contribution in [2.24, 2.45) is 5.10 Å². The third-order valence-electron chi connectivity index (χ3n) is 3.17. The number of benzene rings is 2. The number of para-hydroxylation sites is 1. The number of aromatic nitrogens is 2. The number of aromatic amines is 1. The monoisotopic (exact) mass is 295 g/mol. The number of nitrogens with zero attached hydrogens (tertiary/aromatic N) is 2. The van der Waals surface area contributed by atoms with Gasteiger partial charge in [-0.25, -0.2) is 4.79 Å². The topological polar surface area (TPSA) is 74.3 Å². The predicted molar refractivity (Wildman–Crippen MR) is 83.1 cm³/mol. The third-order valence-corrected chi connectivity index (χ3v) is 3.17. The van der Waals surface area contributed by atoms with Gasteiger partial charge >= 0.3 is 5.63 Å². The molecule has 6 heteroatoms. The van der Waals surface area contributed by atoms with Gasteiger partial charge < -0.3 is 0 Å². The molecule has 0 atom stereocenters. The van der Waals surface area contributed by atoms with Gasteiger partial charge in [0.15, 0.2) is 0 Å². The fraction of sp³-hybridized carbons (Fsp3) is 0.0625. The number of hydrogen-bond acceptors (Lipinski definition) is 4. The number of nitrogens with one attached hydrogen (secondary N) is 2. The molecule has 2 N–H and O–H groups in total. The van der Waals surface area contributed by atoms with E-state index in [4.69, 9.17) is 0 Å². The second-order valence-electron chi connectivity index (χ2n) is 4.73. The maximum atomic E-state index is 11.0. The maximum Gasteiger partial charge on any atom is 0.427 e. The van der Waals surface area contributed by atoms with E-state index in [-0.39, 0.29) is 0 Å². The zero-order chi connectivity index (χ0) is 15.4. The maximum absolute atomic E-state index is 11.0. The second-order valence-corrected chi connectivity index (χ2v) is 4.73. The highest BCUT2D eigenvalue weighted by molar-refractivity contribution is 5.99. The summed E-state index contributed by atoms with van der Waals surface area (Å²) in [6.45, 7) is 1.93. The summed E-state index contributed by atoms with van der Waals surface area (Å²) in [5.41, 5.74) is 6.18. The van der Waals surface area contributed by atoms with Gasteiger partial charge in [0.25, 0.3) is 6.20 Å². The van der Waals surface area contributed by atoms with Gasteiger partial charge in [-0.2, -0.15) is 5.10 Å². The Morgan fingerprint density at radius 3 is 2.50 bits per heavy atom. The van der Waals surface area contributed by atoms with E-state index in [1.54, 1.807) is 0 Å². The SMILES string of the molecule is C/C(=N\Nc1ccccc1)c1ccc(-[n+]2cc(=O)o[nH]2)cc1. The highest BCUT2D eigenvalue weighted by Gasteiger charge is 2.10. The number of rotatable bonds is 4. The van der Waals surface area contributed by atoms with Crippen LogP contribution in [0.1, 0.15) is 12.5 Å². The molecule has 0 aliphatic rings. The van der Waals surface area contributed by atoms with Crippen LogP contribution in [0.2, 0.25) is 0 Å². The molecular weight excluding hydrogens is 280 g/mol. The number of H-pyrrole nitrogens is 1. The summed E-state index contributed by atoms with van der Waals surface area (Å²) >= 11 is 0. The van der Waals surface area contributed by atoms with E-state index in [0.717, 1.165) is 22.6 Å². The van der Waals surface area contributed by atoms with Crippen LogP contribution in [0.3, 0.4) is 0 Å². The van der Waals surface area contributed by atoms with Gasteiger partial charge in [0, 0.05) is 12.1 Å². The normalized spacial score (nSPS) is 11.4. The molecule has 0 saturated heterocycles. The number of hydrazone groups is 1. The molecule has 1 aromatic heterocycles. The summed E-state index contributed by atoms with van der Waals surface area (Å²) in [7, 11) is 0. The zero-order valence-electron chi connectivity index (χ0n) is 12.0. The Kier molecular flexibility index (Phi) is 3.82. The first-order valence-electron chi connectivity index (χ1n) is 6.79. The minimum absolute atomic E-state index is 0.422. The molecule has 0 bridgehead atoms. The largest absolute Gasteiger partial charge is 0.427 e. The quantitative estimate of drug-likeness (QED) is 0.439. The van der Waals surface area contributed by atoms with Gasteiger partial charge in [0.2, 0.25) is 5.69 Å². The van der Waals surface area contributed by atoms with Crippen LogP contribution in [0.15, 0.2) is 75.2 Å². The van der Waals surface area contributed by atoms with Gasteiger partial charge in [-0.05, 0) is 46.7 Å². The summed E-state index contributed by atoms with van der Waals surface area (Å²) < 4.78 is 6.15. The Morgan fingerprint density at radius 1 is 1.14 bits per heavy atom. The number of hydrogen-bond donors (Lipinski definition) is 2. The van der Waals surface area contributed by atoms with Crippen molar-refractivity contribution in [3.05, 3.63) is 76.8 Å². The van der Waals surface area contributed by atoms with Crippen molar-refractivity contribution in [2.45, 2.75) is 6.92 Å². The molecule has 0 aliphatic carbocycles. The fourth-order valence-electron chi connectivity index (χ4n) is 1.97. The summed E-state index contributed by atoms with van der Waals surface area (Å²) in [6.07, 6.45) is 1.34. The molecule has 0 saturated carbocycles. The zero-order valence-corrected chi connectivity index (χ0v) is 12.0. The molecule has 0 aliphatic heterocycles. The van der Waals surface area contributed by atoms with Crippen molar-refractivity contribution in [2.75, 3.05) is 5.43 Å². The highest BCUT2D eigenvalue weighted by atomic mass is 16.5. The van der Waals surface area contributed by atoms with Gasteiger partial charge in [0.1, 0.15) is 0 Å². The number of anilines is 1. The van der Waals surface area contributed by atoms with Crippen molar-refractivity contribution in [1.82, 2.24) is 5.27 Å². The molecule has 110 valence electrons. The molecule has 3 rings (SSSR count). The third kappa shape index (κ3) is 3.12. The molecule has 0 fully saturated rings. The lowest BCUT2D eigenvalue weighted by molar-refractivity contribution is -0.670. The van der Waals surface area contributed by atoms with Crippen molar-refractivity contribution in [1.29, 1.82) is 0 Å². The van der Waals surface area contributed by atoms with Gasteiger partial charge in [-0.1, -0.05) is 18.2 Å². The second kappa shape index (κ2) is 6.09. The van der Waals surface area contributed by atoms with Gasteiger partial charge in [0.05, 0.1) is 11.4 Å². The first-order valence-corrected chi connectivity index (χ1v) is 6.79. The van der Waals surface area contributed by atoms with E-state index in [2.05, 4.69) is 20.3 Å². The molecule has 22 heavy (non-hydrogen) atoms. The van der Waals surface area contributed by atoms with Crippen molar-refractivity contribution < 1.29 is 9.20 Å². The van der Waals surface area contributed by atoms with Gasteiger partial charge in [-0.3, -0.25) is 9.95 Å². The van der Waals surface area contributed by atoms with E-state index < -0.39 is 5.63 Å². The molecule has 0 amide bonds. The first-order chi connectivity index (χ1) is 10.7. The van der Waals surface area contributed by atoms with Crippen LogP contribution in [0, 0.1) is 0 Å². The molecule has 0 unspecified atom stereocenters. The van der Waals surface area contributed by atoms with E-state index in [9.17, 15) is 4.79 Å². The van der Waals surface area contributed by atoms with E-state index in [0.29, 0.717) is 0 Å². The first kappa shape index (κ1) is 13.8. The van der Waals surface area contributed by atoms with Crippen LogP contribution >= 0.6 is 0 Å². The van der Waals surface area contributed by atoms with Crippen LogP contribution < -0.4 is 15.7 Å². The lowest BCUT2D eigenvalue weighted by Gasteiger charge is -2.03. The van der Waals surface area contributed by atoms with E-state index in [1.807, 2.05) is 61.5 Å². The van der Waals surface area contributed by atoms with E-state index >= 15 is 0 Å². The average molecular weight is 295 g/mol. The summed E-state index contributed by atoms with van der Waals surface area (Å²) in [5.74, 6) is 0. The summed E-state index contributed by atoms with van der Waals surface area (Å²) in [6, 6.07) is 17.4. The lowest BCUT2D eigenvalue weighted by Crippen LogP contribution is -2.32. The van der Waals surface area contributed by atoms with Crippen LogP contribution in [0.4, 0.5) is 5.69 Å². The molecule has 0 spiro atoms. The Hall–Kier alpha value is -3.15.